The number of amides is 2. The number of rotatable bonds is 12. The van der Waals surface area contributed by atoms with Crippen LogP contribution in [-0.4, -0.2) is 64.0 Å². The van der Waals surface area contributed by atoms with Crippen molar-refractivity contribution in [2.75, 3.05) is 21.3 Å². The Kier molecular flexibility index (Phi) is 19.0. The van der Waals surface area contributed by atoms with Crippen molar-refractivity contribution in [2.45, 2.75) is 233 Å². The number of hydrogen-bond acceptors (Lipinski definition) is 8. The van der Waals surface area contributed by atoms with Gasteiger partial charge in [-0.15, -0.1) is 22.2 Å². The van der Waals surface area contributed by atoms with Gasteiger partial charge in [0.25, 0.3) is 11.8 Å². The third kappa shape index (κ3) is 10.9. The molecule has 0 bridgehead atoms. The second-order valence-corrected chi connectivity index (χ2v) is 50.6. The lowest BCUT2D eigenvalue weighted by Gasteiger charge is -2.38. The molecule has 2 aliphatic rings. The highest BCUT2D eigenvalue weighted by Gasteiger charge is 2.46. The zero-order chi connectivity index (χ0) is 63.4. The molecule has 0 unspecified atom stereocenters. The monoisotopic (exact) mass is 1220 g/mol. The Morgan fingerprint density at radius 1 is 0.291 bits per heavy atom. The second-order valence-electron chi connectivity index (χ2n) is 28.3. The third-order valence-corrected chi connectivity index (χ3v) is 45.5. The van der Waals surface area contributed by atoms with E-state index in [0.717, 1.165) is 0 Å². The maximum absolute atomic E-state index is 15.6. The zero-order valence-electron chi connectivity index (χ0n) is 56.2. The molecule has 2 aromatic heterocycles. The maximum Gasteiger partial charge on any atom is 0.274 e. The number of anilines is 4. The molecule has 0 saturated heterocycles. The standard InChI is InChI=1S/C72H96N8O2Si4/c1-41(2)83(42(3)4,43(5)6)37-33-53-61-63(75-59-31-27-25-29-57(59)73-61)55(35-39-85(47(13)14,48(15)16)49(17)18)67-65(53)77-69(71(81)79-67)70-72(82)80-68-56(36-40-86(50(19)20,51(21)22)52(23)24)64-62(74-58-30-26-28-32-60(58)76-64)54(66(68)78-70)34-38-84(44(7)8,45(9)10)46(11)12/h25-32,41-52,77-78H,1-24H3,(H,79,81)(H,80,82)/b70-69+. The van der Waals surface area contributed by atoms with E-state index in [1.54, 1.807) is 0 Å². The van der Waals surface area contributed by atoms with Gasteiger partial charge in [0.15, 0.2) is 0 Å². The summed E-state index contributed by atoms with van der Waals surface area (Å²) in [4.78, 5) is 52.9. The molecule has 8 rings (SSSR count). The van der Waals surface area contributed by atoms with Crippen LogP contribution in [0.25, 0.3) is 44.1 Å². The van der Waals surface area contributed by atoms with E-state index in [-0.39, 0.29) is 11.4 Å². The minimum Gasteiger partial charge on any atom is -0.346 e. The smallest absolute Gasteiger partial charge is 0.274 e. The summed E-state index contributed by atoms with van der Waals surface area (Å²) in [6.45, 7) is 55.3. The van der Waals surface area contributed by atoms with Crippen molar-refractivity contribution < 1.29 is 9.59 Å². The third-order valence-electron chi connectivity index (χ3n) is 20.3. The largest absolute Gasteiger partial charge is 0.346 e. The van der Waals surface area contributed by atoms with Crippen LogP contribution in [0.15, 0.2) is 59.9 Å². The molecule has 4 aromatic carbocycles. The SMILES string of the molecule is CC(C)[Si](C#Cc1c2c(c(C#C[Si](C(C)C)(C(C)C)C(C)C)c3nc4ccccc4nc13)N/C(=C1/Nc3c(c(C#C[Si](C(C)C)(C(C)C)C(C)C)c4nc5ccccc5nc4c3C#C[Si](C(C)C)(C(C)C)C(C)C)NC1=O)C(=O)N2)(C(C)C)C(C)C. The number of carbonyl (C=O) groups is 2. The minimum absolute atomic E-state index is 0.0170. The van der Waals surface area contributed by atoms with Crippen molar-refractivity contribution in [2.24, 2.45) is 0 Å². The minimum atomic E-state index is -2.40. The van der Waals surface area contributed by atoms with Gasteiger partial charge in [0, 0.05) is 0 Å². The first-order valence-corrected chi connectivity index (χ1v) is 40.9. The van der Waals surface area contributed by atoms with Crippen molar-refractivity contribution in [3.05, 3.63) is 82.2 Å². The van der Waals surface area contributed by atoms with Gasteiger partial charge >= 0.3 is 0 Å². The molecule has 0 aliphatic carbocycles. The predicted molar refractivity (Wildman–Crippen MR) is 377 cm³/mol. The highest BCUT2D eigenvalue weighted by molar-refractivity contribution is 6.92. The summed E-state index contributed by atoms with van der Waals surface area (Å²) in [6, 6.07) is 15.8. The quantitative estimate of drug-likeness (QED) is 0.0412. The summed E-state index contributed by atoms with van der Waals surface area (Å²) in [5.41, 5.74) is 29.5. The summed E-state index contributed by atoms with van der Waals surface area (Å²) in [7, 11) is -9.54. The topological polar surface area (TPSA) is 134 Å². The fraction of sp³-hybridized carbons (Fsp3) is 0.500. The van der Waals surface area contributed by atoms with Gasteiger partial charge in [-0.3, -0.25) is 9.59 Å². The molecule has 14 heteroatoms. The van der Waals surface area contributed by atoms with Crippen LogP contribution in [0.2, 0.25) is 66.5 Å². The highest BCUT2D eigenvalue weighted by Crippen LogP contribution is 2.49. The Labute approximate surface area is 519 Å². The van der Waals surface area contributed by atoms with Crippen LogP contribution in [0.5, 0.6) is 0 Å². The number of fused-ring (bicyclic) bond motifs is 6. The number of para-hydroxylation sites is 4. The second kappa shape index (κ2) is 24.9. The predicted octanol–water partition coefficient (Wildman–Crippen LogP) is 18.8. The molecule has 0 radical (unpaired) electrons. The van der Waals surface area contributed by atoms with Crippen molar-refractivity contribution in [1.82, 2.24) is 19.9 Å². The van der Waals surface area contributed by atoms with E-state index in [0.29, 0.717) is 156 Å². The van der Waals surface area contributed by atoms with Crippen LogP contribution < -0.4 is 21.3 Å². The highest BCUT2D eigenvalue weighted by atomic mass is 28.3. The van der Waals surface area contributed by atoms with Crippen LogP contribution in [0, 0.1) is 45.9 Å². The Bertz CT molecular complexity index is 3650. The van der Waals surface area contributed by atoms with E-state index in [1.165, 1.54) is 0 Å². The summed E-state index contributed by atoms with van der Waals surface area (Å²) in [5, 5.41) is 14.0. The molecule has 4 N–H and O–H groups in total. The first kappa shape index (κ1) is 65.4. The van der Waals surface area contributed by atoms with Crippen LogP contribution in [-0.2, 0) is 9.59 Å². The van der Waals surface area contributed by atoms with E-state index in [1.807, 2.05) is 48.5 Å². The number of nitrogens with zero attached hydrogens (tertiary/aromatic N) is 4. The molecule has 0 atom stereocenters. The Balaban J connectivity index is 1.54. The lowest BCUT2D eigenvalue weighted by atomic mass is 9.98. The van der Waals surface area contributed by atoms with E-state index in [9.17, 15) is 0 Å². The first-order valence-electron chi connectivity index (χ1n) is 31.9. The normalized spacial score (nSPS) is 15.0. The molecule has 0 spiro atoms. The lowest BCUT2D eigenvalue weighted by Crippen LogP contribution is -2.43. The number of benzene rings is 4. The molecule has 6 aromatic rings. The summed E-state index contributed by atoms with van der Waals surface area (Å²) < 4.78 is 0. The average Bonchev–Trinajstić information content (AvgIpc) is 0.782. The van der Waals surface area contributed by atoms with Crippen LogP contribution >= 0.6 is 0 Å². The molecule has 2 aliphatic heterocycles. The van der Waals surface area contributed by atoms with E-state index < -0.39 is 44.1 Å². The van der Waals surface area contributed by atoms with Crippen molar-refractivity contribution in [1.29, 1.82) is 0 Å². The zero-order valence-corrected chi connectivity index (χ0v) is 60.2. The molecule has 2 amide bonds. The molecule has 452 valence electrons. The number of aromatic nitrogens is 4. The van der Waals surface area contributed by atoms with Gasteiger partial charge in [0.2, 0.25) is 0 Å². The van der Waals surface area contributed by atoms with Crippen molar-refractivity contribution >= 4 is 111 Å². The van der Waals surface area contributed by atoms with Crippen LogP contribution in [0.4, 0.5) is 22.7 Å². The Hall–Kier alpha value is -6.53. The van der Waals surface area contributed by atoms with Gasteiger partial charge in [0.1, 0.15) is 65.8 Å². The fourth-order valence-corrected chi connectivity index (χ4v) is 37.0. The number of nitrogens with one attached hydrogen (secondary N) is 4. The van der Waals surface area contributed by atoms with Crippen LogP contribution in [0.3, 0.4) is 0 Å². The van der Waals surface area contributed by atoms with Gasteiger partial charge in [-0.2, -0.15) is 0 Å². The van der Waals surface area contributed by atoms with Gasteiger partial charge in [-0.1, -0.05) is 214 Å². The van der Waals surface area contributed by atoms with Crippen LogP contribution in [0.1, 0.15) is 188 Å². The van der Waals surface area contributed by atoms with E-state index >= 15 is 9.59 Å². The average molecular weight is 1220 g/mol. The van der Waals surface area contributed by atoms with E-state index in [4.69, 9.17) is 19.9 Å². The molecule has 4 heterocycles. The number of carbonyl (C=O) groups excluding carboxylic acids is 2. The molecule has 0 fully saturated rings. The fourth-order valence-electron chi connectivity index (χ4n) is 16.1. The summed E-state index contributed by atoms with van der Waals surface area (Å²) in [5.74, 6) is 14.1. The lowest BCUT2D eigenvalue weighted by molar-refractivity contribution is -0.115. The molecule has 86 heavy (non-hydrogen) atoms. The Morgan fingerprint density at radius 2 is 0.465 bits per heavy atom. The molecular formula is C72H96N8O2Si4. The van der Waals surface area contributed by atoms with E-state index in [2.05, 4.69) is 233 Å². The maximum atomic E-state index is 15.6. The molecular weight excluding hydrogens is 1120 g/mol. The molecule has 0 saturated carbocycles. The van der Waals surface area contributed by atoms with Gasteiger partial charge in [0.05, 0.1) is 67.1 Å². The Morgan fingerprint density at radius 3 is 0.640 bits per heavy atom. The van der Waals surface area contributed by atoms with Gasteiger partial charge in [-0.05, 0) is 90.8 Å². The van der Waals surface area contributed by atoms with Crippen molar-refractivity contribution in [3.8, 4) is 45.9 Å². The number of hydrogen-bond donors (Lipinski definition) is 4. The summed E-state index contributed by atoms with van der Waals surface area (Å²) in [6.07, 6.45) is 0. The van der Waals surface area contributed by atoms with Gasteiger partial charge in [-0.25, -0.2) is 19.9 Å². The molecule has 10 nitrogen and oxygen atoms in total. The van der Waals surface area contributed by atoms with Crippen molar-refractivity contribution in [3.63, 3.8) is 0 Å². The summed E-state index contributed by atoms with van der Waals surface area (Å²) >= 11 is 0. The first-order chi connectivity index (χ1) is 40.4. The van der Waals surface area contributed by atoms with Gasteiger partial charge < -0.3 is 21.3 Å².